The molecule has 0 aromatic heterocycles. The monoisotopic (exact) mass is 568 g/mol. The van der Waals surface area contributed by atoms with Gasteiger partial charge in [-0.15, -0.1) is 0 Å². The van der Waals surface area contributed by atoms with Gasteiger partial charge in [0, 0.05) is 23.3 Å². The molecular weight excluding hydrogens is 524 g/mol. The molecule has 1 N–H and O–H groups in total. The maximum absolute atomic E-state index is 12.7. The molecule has 3 rings (SSSR count). The molecule has 0 unspecified atom stereocenters. The Morgan fingerprint density at radius 2 is 1.26 bits per heavy atom. The Morgan fingerprint density at radius 3 is 1.83 bits per heavy atom. The molecule has 5 heteroatoms. The highest BCUT2D eigenvalue weighted by atomic mass is 16.5. The lowest BCUT2D eigenvalue weighted by Crippen LogP contribution is -2.13. The Labute approximate surface area is 250 Å². The fourth-order valence-corrected chi connectivity index (χ4v) is 4.78. The van der Waals surface area contributed by atoms with E-state index in [4.69, 9.17) is 9.47 Å². The van der Waals surface area contributed by atoms with E-state index in [0.717, 1.165) is 41.5 Å². The van der Waals surface area contributed by atoms with Crippen LogP contribution >= 0.6 is 0 Å². The summed E-state index contributed by atoms with van der Waals surface area (Å²) in [6.45, 7) is 15.0. The number of aliphatic hydroxyl groups excluding tert-OH is 1. The molecule has 0 fully saturated rings. The van der Waals surface area contributed by atoms with E-state index in [2.05, 4.69) is 50.4 Å². The van der Waals surface area contributed by atoms with Crippen LogP contribution in [0.1, 0.15) is 74.8 Å². The summed E-state index contributed by atoms with van der Waals surface area (Å²) in [5.74, 6) is -0.253. The quantitative estimate of drug-likeness (QED) is 0.0872. The number of unbranched alkanes of at least 4 members (excludes halogenated alkanes) is 2. The molecule has 3 aromatic rings. The summed E-state index contributed by atoms with van der Waals surface area (Å²) in [6.07, 6.45) is 7.26. The Kier molecular flexibility index (Phi) is 12.3. The largest absolute Gasteiger partial charge is 0.423 e. The molecule has 0 aliphatic heterocycles. The molecule has 0 atom stereocenters. The van der Waals surface area contributed by atoms with E-state index < -0.39 is 11.9 Å². The highest BCUT2D eigenvalue weighted by Gasteiger charge is 2.20. The van der Waals surface area contributed by atoms with Crippen molar-refractivity contribution < 1.29 is 24.2 Å². The lowest BCUT2D eigenvalue weighted by Gasteiger charge is -2.19. The van der Waals surface area contributed by atoms with Crippen LogP contribution in [-0.4, -0.2) is 23.7 Å². The standard InChI is InChI=1S/C37H44O5/c1-7-9-10-11-27-12-14-28(15-13-27)16-18-31-23-35(42-37(40)26(5)6)33(24-34(31)41-36(39)25(3)4)32-19-17-29(20-21-38)22-30(32)8-2/h12-15,17,19,22-24,38H,3,5,7-11,16,18,20-21H2,1-2,4,6H3. The van der Waals surface area contributed by atoms with Gasteiger partial charge in [-0.2, -0.15) is 0 Å². The summed E-state index contributed by atoms with van der Waals surface area (Å²) in [7, 11) is 0. The molecule has 0 saturated carbocycles. The summed E-state index contributed by atoms with van der Waals surface area (Å²) in [5.41, 5.74) is 7.37. The van der Waals surface area contributed by atoms with Gasteiger partial charge in [0.1, 0.15) is 11.5 Å². The van der Waals surface area contributed by atoms with Gasteiger partial charge in [0.25, 0.3) is 0 Å². The van der Waals surface area contributed by atoms with Gasteiger partial charge in [-0.25, -0.2) is 9.59 Å². The number of ether oxygens (including phenoxy) is 2. The maximum atomic E-state index is 12.7. The molecule has 0 heterocycles. The zero-order chi connectivity index (χ0) is 30.6. The minimum absolute atomic E-state index is 0.0568. The second-order valence-corrected chi connectivity index (χ2v) is 10.9. The zero-order valence-corrected chi connectivity index (χ0v) is 25.6. The van der Waals surface area contributed by atoms with Crippen LogP contribution in [0.4, 0.5) is 0 Å². The molecule has 0 aliphatic rings. The van der Waals surface area contributed by atoms with Crippen molar-refractivity contribution in [3.8, 4) is 22.6 Å². The average Bonchev–Trinajstić information content (AvgIpc) is 2.97. The second-order valence-electron chi connectivity index (χ2n) is 10.9. The summed E-state index contributed by atoms with van der Waals surface area (Å²) >= 11 is 0. The lowest BCUT2D eigenvalue weighted by atomic mass is 9.92. The fourth-order valence-electron chi connectivity index (χ4n) is 4.78. The fraction of sp³-hybridized carbons (Fsp3) is 0.351. The normalized spacial score (nSPS) is 10.8. The van der Waals surface area contributed by atoms with Gasteiger partial charge >= 0.3 is 11.9 Å². The van der Waals surface area contributed by atoms with Crippen LogP contribution in [0.15, 0.2) is 78.9 Å². The van der Waals surface area contributed by atoms with Gasteiger partial charge in [-0.3, -0.25) is 0 Å². The van der Waals surface area contributed by atoms with Crippen LogP contribution in [0, 0.1) is 0 Å². The Bertz CT molecular complexity index is 1410. The van der Waals surface area contributed by atoms with Gasteiger partial charge < -0.3 is 14.6 Å². The molecule has 0 bridgehead atoms. The van der Waals surface area contributed by atoms with Crippen molar-refractivity contribution in [3.63, 3.8) is 0 Å². The molecule has 5 nitrogen and oxygen atoms in total. The summed E-state index contributed by atoms with van der Waals surface area (Å²) in [5, 5.41) is 9.43. The van der Waals surface area contributed by atoms with Gasteiger partial charge in [-0.1, -0.05) is 82.3 Å². The van der Waals surface area contributed by atoms with Gasteiger partial charge in [0.05, 0.1) is 0 Å². The number of carbonyl (C=O) groups is 2. The van der Waals surface area contributed by atoms with Crippen molar-refractivity contribution in [1.82, 2.24) is 0 Å². The first-order chi connectivity index (χ1) is 20.2. The molecule has 0 amide bonds. The second kappa shape index (κ2) is 15.9. The molecule has 0 saturated heterocycles. The molecule has 3 aromatic carbocycles. The van der Waals surface area contributed by atoms with Crippen LogP contribution < -0.4 is 9.47 Å². The molecule has 42 heavy (non-hydrogen) atoms. The Balaban J connectivity index is 2.06. The predicted molar refractivity (Wildman–Crippen MR) is 170 cm³/mol. The minimum atomic E-state index is -0.525. The van der Waals surface area contributed by atoms with Gasteiger partial charge in [0.15, 0.2) is 0 Å². The van der Waals surface area contributed by atoms with Crippen LogP contribution in [0.5, 0.6) is 11.5 Å². The van der Waals surface area contributed by atoms with E-state index in [1.807, 2.05) is 19.1 Å². The highest BCUT2D eigenvalue weighted by molar-refractivity contribution is 5.92. The smallest absolute Gasteiger partial charge is 0.338 e. The van der Waals surface area contributed by atoms with Crippen LogP contribution in [0.25, 0.3) is 11.1 Å². The van der Waals surface area contributed by atoms with Crippen molar-refractivity contribution in [3.05, 3.63) is 107 Å². The average molecular weight is 569 g/mol. The Morgan fingerprint density at radius 1 is 0.667 bits per heavy atom. The zero-order valence-electron chi connectivity index (χ0n) is 25.6. The number of rotatable bonds is 15. The number of esters is 2. The number of hydrogen-bond donors (Lipinski definition) is 1. The van der Waals surface area contributed by atoms with E-state index in [1.54, 1.807) is 26.0 Å². The number of carbonyl (C=O) groups excluding carboxylic acids is 2. The molecule has 0 aliphatic carbocycles. The number of hydrogen-bond acceptors (Lipinski definition) is 5. The third kappa shape index (κ3) is 9.02. The summed E-state index contributed by atoms with van der Waals surface area (Å²) in [6, 6.07) is 18.2. The van der Waals surface area contributed by atoms with Crippen LogP contribution in [0.2, 0.25) is 0 Å². The minimum Gasteiger partial charge on any atom is -0.423 e. The first-order valence-corrected chi connectivity index (χ1v) is 14.9. The first kappa shape index (κ1) is 32.6. The molecule has 0 spiro atoms. The van der Waals surface area contributed by atoms with E-state index in [1.165, 1.54) is 30.4 Å². The topological polar surface area (TPSA) is 72.8 Å². The summed E-state index contributed by atoms with van der Waals surface area (Å²) < 4.78 is 11.7. The van der Waals surface area contributed by atoms with Gasteiger partial charge in [-0.05, 0) is 97.9 Å². The third-order valence-corrected chi connectivity index (χ3v) is 7.28. The first-order valence-electron chi connectivity index (χ1n) is 14.9. The van der Waals surface area contributed by atoms with Crippen LogP contribution in [-0.2, 0) is 41.7 Å². The van der Waals surface area contributed by atoms with E-state index in [9.17, 15) is 14.7 Å². The molecule has 0 radical (unpaired) electrons. The van der Waals surface area contributed by atoms with Gasteiger partial charge in [0.2, 0.25) is 0 Å². The van der Waals surface area contributed by atoms with Crippen molar-refractivity contribution in [2.24, 2.45) is 0 Å². The van der Waals surface area contributed by atoms with E-state index >= 15 is 0 Å². The molecular formula is C37H44O5. The summed E-state index contributed by atoms with van der Waals surface area (Å²) in [4.78, 5) is 25.4. The maximum Gasteiger partial charge on any atom is 0.338 e. The van der Waals surface area contributed by atoms with E-state index in [-0.39, 0.29) is 12.2 Å². The van der Waals surface area contributed by atoms with Crippen LogP contribution in [0.3, 0.4) is 0 Å². The lowest BCUT2D eigenvalue weighted by molar-refractivity contribution is -0.131. The predicted octanol–water partition coefficient (Wildman–Crippen LogP) is 7.93. The van der Waals surface area contributed by atoms with E-state index in [0.29, 0.717) is 35.5 Å². The van der Waals surface area contributed by atoms with Crippen molar-refractivity contribution in [2.45, 2.75) is 79.1 Å². The van der Waals surface area contributed by atoms with Crippen molar-refractivity contribution in [1.29, 1.82) is 0 Å². The van der Waals surface area contributed by atoms with Crippen molar-refractivity contribution in [2.75, 3.05) is 6.61 Å². The number of aliphatic hydroxyl groups is 1. The number of aryl methyl sites for hydroxylation is 4. The highest BCUT2D eigenvalue weighted by Crippen LogP contribution is 2.39. The third-order valence-electron chi connectivity index (χ3n) is 7.28. The van der Waals surface area contributed by atoms with Crippen molar-refractivity contribution >= 4 is 11.9 Å². The Hall–Kier alpha value is -3.96. The SMILES string of the molecule is C=C(C)C(=O)Oc1cc(-c2ccc(CCO)cc2CC)c(OC(=O)C(=C)C)cc1CCc1ccc(CCCCC)cc1. The number of benzene rings is 3. The molecule has 222 valence electrons.